The molecule has 1 aliphatic carbocycles. The summed E-state index contributed by atoms with van der Waals surface area (Å²) < 4.78 is 0. The van der Waals surface area contributed by atoms with E-state index in [1.54, 1.807) is 0 Å². The Morgan fingerprint density at radius 2 is 1.94 bits per heavy atom. The molecule has 0 aliphatic heterocycles. The molecule has 0 unspecified atom stereocenters. The van der Waals surface area contributed by atoms with Crippen LogP contribution in [0, 0.1) is 0 Å². The van der Waals surface area contributed by atoms with Crippen molar-refractivity contribution in [3.8, 4) is 0 Å². The summed E-state index contributed by atoms with van der Waals surface area (Å²) in [6.07, 6.45) is 3.07. The molecule has 16 heavy (non-hydrogen) atoms. The molecule has 0 bridgehead atoms. The van der Waals surface area contributed by atoms with Crippen LogP contribution >= 0.6 is 0 Å². The topological polar surface area (TPSA) is 32.6 Å². The lowest BCUT2D eigenvalue weighted by Gasteiger charge is -2.23. The third-order valence-electron chi connectivity index (χ3n) is 3.27. The highest BCUT2D eigenvalue weighted by molar-refractivity contribution is 6.02. The quantitative estimate of drug-likeness (QED) is 0.523. The minimum atomic E-state index is 0.146. The molecule has 1 N–H and O–H groups in total. The average molecular weight is 217 g/mol. The zero-order valence-corrected chi connectivity index (χ0v) is 10.2. The van der Waals surface area contributed by atoms with Gasteiger partial charge in [-0.2, -0.15) is 0 Å². The number of benzene rings is 1. The van der Waals surface area contributed by atoms with Crippen LogP contribution in [0.2, 0.25) is 0 Å². The van der Waals surface area contributed by atoms with Crippen LogP contribution in [-0.4, -0.2) is 10.9 Å². The van der Waals surface area contributed by atoms with Crippen LogP contribution in [0.5, 0.6) is 0 Å². The number of fused-ring (bicyclic) bond motifs is 1. The van der Waals surface area contributed by atoms with Gasteiger partial charge in [-0.3, -0.25) is 0 Å². The van der Waals surface area contributed by atoms with Crippen LogP contribution in [0.1, 0.15) is 50.3 Å². The van der Waals surface area contributed by atoms with Crippen molar-refractivity contribution in [1.82, 2.24) is 0 Å². The minimum absolute atomic E-state index is 0.146. The summed E-state index contributed by atoms with van der Waals surface area (Å²) in [5.74, 6) is 0. The highest BCUT2D eigenvalue weighted by Crippen LogP contribution is 2.28. The highest BCUT2D eigenvalue weighted by atomic mass is 16.4. The molecule has 0 atom stereocenters. The fraction of sp³-hybridized carbons (Fsp3) is 0.500. The number of nitrogens with zero attached hydrogens (tertiary/aromatic N) is 1. The maximum Gasteiger partial charge on any atom is 0.0870 e. The summed E-state index contributed by atoms with van der Waals surface area (Å²) in [7, 11) is 0. The molecule has 1 aromatic rings. The van der Waals surface area contributed by atoms with Gasteiger partial charge in [0.05, 0.1) is 5.71 Å². The van der Waals surface area contributed by atoms with E-state index in [1.807, 2.05) is 0 Å². The smallest absolute Gasteiger partial charge is 0.0870 e. The summed E-state index contributed by atoms with van der Waals surface area (Å²) in [4.78, 5) is 0. The van der Waals surface area contributed by atoms with Crippen LogP contribution in [0.4, 0.5) is 0 Å². The molecular weight excluding hydrogens is 198 g/mol. The van der Waals surface area contributed by atoms with Crippen molar-refractivity contribution in [3.63, 3.8) is 0 Å². The van der Waals surface area contributed by atoms with Gasteiger partial charge in [-0.05, 0) is 41.9 Å². The summed E-state index contributed by atoms with van der Waals surface area (Å²) in [6, 6.07) is 6.56. The fourth-order valence-electron chi connectivity index (χ4n) is 2.21. The van der Waals surface area contributed by atoms with E-state index in [9.17, 15) is 0 Å². The fourth-order valence-corrected chi connectivity index (χ4v) is 2.21. The van der Waals surface area contributed by atoms with Crippen molar-refractivity contribution < 1.29 is 5.21 Å². The Kier molecular flexibility index (Phi) is 2.75. The lowest BCUT2D eigenvalue weighted by atomic mass is 9.82. The zero-order valence-electron chi connectivity index (χ0n) is 10.2. The van der Waals surface area contributed by atoms with Crippen LogP contribution < -0.4 is 0 Å². The van der Waals surface area contributed by atoms with E-state index in [0.29, 0.717) is 0 Å². The third kappa shape index (κ3) is 1.97. The molecule has 2 rings (SSSR count). The number of oxime groups is 1. The lowest BCUT2D eigenvalue weighted by molar-refractivity contribution is 0.317. The lowest BCUT2D eigenvalue weighted by Crippen LogP contribution is -2.16. The van der Waals surface area contributed by atoms with E-state index < -0.39 is 0 Å². The van der Waals surface area contributed by atoms with E-state index in [0.717, 1.165) is 30.5 Å². The first-order chi connectivity index (χ1) is 7.52. The molecule has 0 radical (unpaired) electrons. The van der Waals surface area contributed by atoms with Gasteiger partial charge < -0.3 is 5.21 Å². The second-order valence-electron chi connectivity index (χ2n) is 5.52. The van der Waals surface area contributed by atoms with Gasteiger partial charge in [0.25, 0.3) is 0 Å². The molecule has 2 nitrogen and oxygen atoms in total. The molecule has 0 fully saturated rings. The van der Waals surface area contributed by atoms with Crippen LogP contribution in [0.25, 0.3) is 0 Å². The normalized spacial score (nSPS) is 18.6. The largest absolute Gasteiger partial charge is 0.411 e. The molecule has 0 spiro atoms. The maximum atomic E-state index is 9.02. The first-order valence-corrected chi connectivity index (χ1v) is 5.87. The van der Waals surface area contributed by atoms with Crippen LogP contribution in [0.3, 0.4) is 0 Å². The Morgan fingerprint density at radius 1 is 1.19 bits per heavy atom. The molecule has 0 aromatic heterocycles. The summed E-state index contributed by atoms with van der Waals surface area (Å²) in [6.45, 7) is 6.61. The number of rotatable bonds is 0. The van der Waals surface area contributed by atoms with Gasteiger partial charge in [-0.1, -0.05) is 38.1 Å². The number of hydrogen-bond acceptors (Lipinski definition) is 2. The highest BCUT2D eigenvalue weighted by Gasteiger charge is 2.20. The Hall–Kier alpha value is -1.31. The molecule has 0 saturated carbocycles. The van der Waals surface area contributed by atoms with E-state index >= 15 is 0 Å². The molecule has 1 aliphatic rings. The van der Waals surface area contributed by atoms with Crippen molar-refractivity contribution in [1.29, 1.82) is 0 Å². The Labute approximate surface area is 97.0 Å². The average Bonchev–Trinajstić information content (AvgIpc) is 2.26. The van der Waals surface area contributed by atoms with Crippen molar-refractivity contribution in [3.05, 3.63) is 34.9 Å². The maximum absolute atomic E-state index is 9.02. The van der Waals surface area contributed by atoms with Gasteiger partial charge in [0.2, 0.25) is 0 Å². The SMILES string of the molecule is CC(C)(C)c1ccc2c(c1)C(=NO)CCC2. The number of aryl methyl sites for hydroxylation is 1. The molecule has 1 aromatic carbocycles. The molecule has 2 heteroatoms. The van der Waals surface area contributed by atoms with Crippen LogP contribution in [-0.2, 0) is 11.8 Å². The molecule has 0 saturated heterocycles. The van der Waals surface area contributed by atoms with E-state index in [-0.39, 0.29) is 5.41 Å². The zero-order chi connectivity index (χ0) is 11.8. The van der Waals surface area contributed by atoms with Crippen molar-refractivity contribution in [2.45, 2.75) is 45.4 Å². The van der Waals surface area contributed by atoms with Gasteiger partial charge in [-0.25, -0.2) is 0 Å². The first kappa shape index (κ1) is 11.2. The Morgan fingerprint density at radius 3 is 2.56 bits per heavy atom. The van der Waals surface area contributed by atoms with Crippen molar-refractivity contribution >= 4 is 5.71 Å². The Bertz CT molecular complexity index is 427. The van der Waals surface area contributed by atoms with Gasteiger partial charge >= 0.3 is 0 Å². The van der Waals surface area contributed by atoms with Crippen LogP contribution in [0.15, 0.2) is 23.4 Å². The monoisotopic (exact) mass is 217 g/mol. The summed E-state index contributed by atoms with van der Waals surface area (Å²) in [5, 5.41) is 12.4. The summed E-state index contributed by atoms with van der Waals surface area (Å²) >= 11 is 0. The second-order valence-corrected chi connectivity index (χ2v) is 5.52. The van der Waals surface area contributed by atoms with E-state index in [4.69, 9.17) is 5.21 Å². The van der Waals surface area contributed by atoms with Gasteiger partial charge in [0, 0.05) is 5.56 Å². The van der Waals surface area contributed by atoms with Gasteiger partial charge in [-0.15, -0.1) is 0 Å². The van der Waals surface area contributed by atoms with E-state index in [1.165, 1.54) is 11.1 Å². The van der Waals surface area contributed by atoms with E-state index in [2.05, 4.69) is 44.1 Å². The second kappa shape index (κ2) is 3.93. The standard InChI is InChI=1S/C14H19NO/c1-14(2,3)11-8-7-10-5-4-6-13(15-16)12(10)9-11/h7-9,16H,4-6H2,1-3H3. The molecule has 0 heterocycles. The predicted molar refractivity (Wildman–Crippen MR) is 66.4 cm³/mol. The van der Waals surface area contributed by atoms with Crippen molar-refractivity contribution in [2.75, 3.05) is 0 Å². The minimum Gasteiger partial charge on any atom is -0.411 e. The molecule has 0 amide bonds. The first-order valence-electron chi connectivity index (χ1n) is 5.87. The number of hydrogen-bond donors (Lipinski definition) is 1. The molecular formula is C14H19NO. The van der Waals surface area contributed by atoms with Crippen molar-refractivity contribution in [2.24, 2.45) is 5.16 Å². The summed E-state index contributed by atoms with van der Waals surface area (Å²) in [5.41, 5.74) is 4.74. The molecule has 86 valence electrons. The third-order valence-corrected chi connectivity index (χ3v) is 3.27. The van der Waals surface area contributed by atoms with Gasteiger partial charge in [0.15, 0.2) is 0 Å². The Balaban J connectivity index is 2.51. The predicted octanol–water partition coefficient (Wildman–Crippen LogP) is 3.50. The van der Waals surface area contributed by atoms with Gasteiger partial charge in [0.1, 0.15) is 0 Å².